The van der Waals surface area contributed by atoms with Crippen molar-refractivity contribution in [3.63, 3.8) is 0 Å². The van der Waals surface area contributed by atoms with Crippen molar-refractivity contribution in [2.45, 2.75) is 25.2 Å². The van der Waals surface area contributed by atoms with Gasteiger partial charge in [0, 0.05) is 6.54 Å². The number of benzene rings is 2. The van der Waals surface area contributed by atoms with Gasteiger partial charge in [-0.15, -0.1) is 16.8 Å². The summed E-state index contributed by atoms with van der Waals surface area (Å²) in [6.45, 7) is 6.60. The monoisotopic (exact) mass is 421 g/mol. The Bertz CT molecular complexity index is 1000. The Morgan fingerprint density at radius 3 is 2.70 bits per heavy atom. The van der Waals surface area contributed by atoms with E-state index in [4.69, 9.17) is 4.74 Å². The fourth-order valence-corrected chi connectivity index (χ4v) is 3.26. The van der Waals surface area contributed by atoms with E-state index in [1.165, 1.54) is 17.3 Å². The molecule has 0 aliphatic heterocycles. The molecule has 0 fully saturated rings. The number of nitrogens with zero attached hydrogens (tertiary/aromatic N) is 4. The molecule has 0 saturated heterocycles. The van der Waals surface area contributed by atoms with Gasteiger partial charge in [0.15, 0.2) is 11.0 Å². The van der Waals surface area contributed by atoms with Crippen LogP contribution in [0, 0.1) is 6.92 Å². The third-order valence-corrected chi connectivity index (χ3v) is 5.00. The van der Waals surface area contributed by atoms with Crippen molar-refractivity contribution in [3.8, 4) is 5.75 Å². The van der Waals surface area contributed by atoms with Crippen LogP contribution in [0.15, 0.2) is 77.5 Å². The van der Waals surface area contributed by atoms with E-state index in [1.54, 1.807) is 12.3 Å². The van der Waals surface area contributed by atoms with E-state index >= 15 is 0 Å². The van der Waals surface area contributed by atoms with Gasteiger partial charge in [0.2, 0.25) is 0 Å². The molecule has 30 heavy (non-hydrogen) atoms. The zero-order chi connectivity index (χ0) is 21.2. The second kappa shape index (κ2) is 11.0. The highest BCUT2D eigenvalue weighted by atomic mass is 32.2. The van der Waals surface area contributed by atoms with Crippen molar-refractivity contribution in [2.75, 3.05) is 5.75 Å². The Hall–Kier alpha value is -3.39. The standard InChI is InChI=1S/C22H23N5O2S/c1-3-13-27-20(15-29-19-7-5-4-6-8-19)24-26-22(27)30-16-21(28)25-23-14-18-11-9-17(2)10-12-18/h3-12,14H,1,13,15-16H2,2H3,(H,25,28). The summed E-state index contributed by atoms with van der Waals surface area (Å²) in [4.78, 5) is 12.1. The van der Waals surface area contributed by atoms with E-state index in [1.807, 2.05) is 66.1 Å². The van der Waals surface area contributed by atoms with Crippen LogP contribution in [0.4, 0.5) is 0 Å². The number of hydrogen-bond acceptors (Lipinski definition) is 6. The van der Waals surface area contributed by atoms with Crippen LogP contribution in [0.25, 0.3) is 0 Å². The van der Waals surface area contributed by atoms with Crippen LogP contribution in [0.3, 0.4) is 0 Å². The maximum absolute atomic E-state index is 12.1. The van der Waals surface area contributed by atoms with Crippen molar-refractivity contribution < 1.29 is 9.53 Å². The molecular weight excluding hydrogens is 398 g/mol. The van der Waals surface area contributed by atoms with E-state index in [0.717, 1.165) is 11.3 Å². The maximum Gasteiger partial charge on any atom is 0.250 e. The van der Waals surface area contributed by atoms with Gasteiger partial charge < -0.3 is 4.74 Å². The van der Waals surface area contributed by atoms with Gasteiger partial charge in [-0.3, -0.25) is 9.36 Å². The molecule has 1 heterocycles. The summed E-state index contributed by atoms with van der Waals surface area (Å²) < 4.78 is 7.63. The van der Waals surface area contributed by atoms with Gasteiger partial charge in [-0.2, -0.15) is 5.10 Å². The molecule has 2 aromatic carbocycles. The van der Waals surface area contributed by atoms with Gasteiger partial charge in [-0.1, -0.05) is 65.9 Å². The van der Waals surface area contributed by atoms with Gasteiger partial charge in [-0.05, 0) is 24.6 Å². The van der Waals surface area contributed by atoms with Crippen molar-refractivity contribution in [1.82, 2.24) is 20.2 Å². The first-order valence-electron chi connectivity index (χ1n) is 9.38. The Balaban J connectivity index is 1.53. The molecule has 8 heteroatoms. The van der Waals surface area contributed by atoms with E-state index in [-0.39, 0.29) is 18.3 Å². The Kier molecular flexibility index (Phi) is 7.79. The molecule has 3 rings (SSSR count). The molecule has 154 valence electrons. The molecule has 0 unspecified atom stereocenters. The van der Waals surface area contributed by atoms with Gasteiger partial charge in [0.25, 0.3) is 5.91 Å². The molecular formula is C22H23N5O2S. The number of para-hydroxylation sites is 1. The predicted octanol–water partition coefficient (Wildman–Crippen LogP) is 3.59. The highest BCUT2D eigenvalue weighted by Crippen LogP contribution is 2.18. The van der Waals surface area contributed by atoms with E-state index in [2.05, 4.69) is 27.3 Å². The average Bonchev–Trinajstić information content (AvgIpc) is 3.15. The van der Waals surface area contributed by atoms with Crippen molar-refractivity contribution in [3.05, 3.63) is 84.2 Å². The summed E-state index contributed by atoms with van der Waals surface area (Å²) >= 11 is 1.29. The number of hydrazone groups is 1. The van der Waals surface area contributed by atoms with E-state index in [0.29, 0.717) is 17.5 Å². The van der Waals surface area contributed by atoms with Crippen LogP contribution >= 0.6 is 11.8 Å². The van der Waals surface area contributed by atoms with Crippen molar-refractivity contribution >= 4 is 23.9 Å². The summed E-state index contributed by atoms with van der Waals surface area (Å²) in [7, 11) is 0. The normalized spacial score (nSPS) is 10.8. The molecule has 0 radical (unpaired) electrons. The molecule has 0 bridgehead atoms. The number of amides is 1. The number of aromatic nitrogens is 3. The molecule has 1 N–H and O–H groups in total. The lowest BCUT2D eigenvalue weighted by Gasteiger charge is -2.09. The lowest BCUT2D eigenvalue weighted by Crippen LogP contribution is -2.20. The number of carbonyl (C=O) groups excluding carboxylic acids is 1. The number of nitrogens with one attached hydrogen (secondary N) is 1. The molecule has 0 atom stereocenters. The van der Waals surface area contributed by atoms with Gasteiger partial charge in [-0.25, -0.2) is 5.43 Å². The molecule has 7 nitrogen and oxygen atoms in total. The number of aryl methyl sites for hydroxylation is 1. The zero-order valence-corrected chi connectivity index (χ0v) is 17.5. The third kappa shape index (κ3) is 6.31. The SMILES string of the molecule is C=CCn1c(COc2ccccc2)nnc1SCC(=O)NN=Cc1ccc(C)cc1. The smallest absolute Gasteiger partial charge is 0.250 e. The minimum absolute atomic E-state index is 0.167. The molecule has 3 aromatic rings. The lowest BCUT2D eigenvalue weighted by molar-refractivity contribution is -0.118. The summed E-state index contributed by atoms with van der Waals surface area (Å²) in [6.07, 6.45) is 3.37. The molecule has 0 aliphatic rings. The fourth-order valence-electron chi connectivity index (χ4n) is 2.50. The number of rotatable bonds is 10. The Labute approximate surface area is 179 Å². The first-order valence-corrected chi connectivity index (χ1v) is 10.4. The van der Waals surface area contributed by atoms with Crippen LogP contribution in [0.1, 0.15) is 17.0 Å². The van der Waals surface area contributed by atoms with Crippen LogP contribution < -0.4 is 10.2 Å². The summed E-state index contributed by atoms with van der Waals surface area (Å²) in [5.41, 5.74) is 4.62. The maximum atomic E-state index is 12.1. The number of hydrogen-bond donors (Lipinski definition) is 1. The van der Waals surface area contributed by atoms with Crippen LogP contribution in [-0.2, 0) is 17.9 Å². The van der Waals surface area contributed by atoms with Crippen molar-refractivity contribution in [1.29, 1.82) is 0 Å². The quantitative estimate of drug-likeness (QED) is 0.234. The number of allylic oxidation sites excluding steroid dienone is 1. The van der Waals surface area contributed by atoms with Gasteiger partial charge >= 0.3 is 0 Å². The highest BCUT2D eigenvalue weighted by Gasteiger charge is 2.14. The van der Waals surface area contributed by atoms with Crippen LogP contribution in [0.5, 0.6) is 5.75 Å². The molecule has 1 aromatic heterocycles. The average molecular weight is 422 g/mol. The number of carbonyl (C=O) groups is 1. The van der Waals surface area contributed by atoms with E-state index < -0.39 is 0 Å². The molecule has 1 amide bonds. The Morgan fingerprint density at radius 1 is 1.20 bits per heavy atom. The molecule has 0 spiro atoms. The number of thioether (sulfide) groups is 1. The first kappa shape index (κ1) is 21.3. The van der Waals surface area contributed by atoms with Gasteiger partial charge in [0.1, 0.15) is 12.4 Å². The predicted molar refractivity (Wildman–Crippen MR) is 119 cm³/mol. The van der Waals surface area contributed by atoms with Gasteiger partial charge in [0.05, 0.1) is 12.0 Å². The van der Waals surface area contributed by atoms with E-state index in [9.17, 15) is 4.79 Å². The second-order valence-electron chi connectivity index (χ2n) is 6.39. The Morgan fingerprint density at radius 2 is 1.97 bits per heavy atom. The zero-order valence-electron chi connectivity index (χ0n) is 16.7. The molecule has 0 aliphatic carbocycles. The lowest BCUT2D eigenvalue weighted by atomic mass is 10.2. The van der Waals surface area contributed by atoms with Crippen LogP contribution in [0.2, 0.25) is 0 Å². The fraction of sp³-hybridized carbons (Fsp3) is 0.182. The first-order chi connectivity index (χ1) is 14.7. The largest absolute Gasteiger partial charge is 0.486 e. The van der Waals surface area contributed by atoms with Crippen molar-refractivity contribution in [2.24, 2.45) is 5.10 Å². The second-order valence-corrected chi connectivity index (χ2v) is 7.33. The third-order valence-electron chi connectivity index (χ3n) is 4.03. The number of ether oxygens (including phenoxy) is 1. The summed E-state index contributed by atoms with van der Waals surface area (Å²) in [5, 5.41) is 13.0. The summed E-state index contributed by atoms with van der Waals surface area (Å²) in [5.74, 6) is 1.36. The minimum atomic E-state index is -0.224. The highest BCUT2D eigenvalue weighted by molar-refractivity contribution is 7.99. The van der Waals surface area contributed by atoms with Crippen LogP contribution in [-0.4, -0.2) is 32.6 Å². The molecule has 0 saturated carbocycles. The minimum Gasteiger partial charge on any atom is -0.486 e. The summed E-state index contributed by atoms with van der Waals surface area (Å²) in [6, 6.07) is 17.4. The topological polar surface area (TPSA) is 81.4 Å².